The van der Waals surface area contributed by atoms with Crippen molar-refractivity contribution in [2.75, 3.05) is 13.1 Å². The van der Waals surface area contributed by atoms with Gasteiger partial charge in [0.2, 0.25) is 0 Å². The van der Waals surface area contributed by atoms with E-state index in [0.29, 0.717) is 5.92 Å². The zero-order valence-corrected chi connectivity index (χ0v) is 13.9. The molecule has 1 aliphatic carbocycles. The number of rotatable bonds is 1. The number of nitrogens with zero attached hydrogens (tertiary/aromatic N) is 3. The van der Waals surface area contributed by atoms with Crippen LogP contribution in [0, 0.1) is 0 Å². The number of hydrogen-bond acceptors (Lipinski definition) is 4. The number of nitrogens with one attached hydrogen (secondary N) is 1. The molecule has 0 aromatic carbocycles. The van der Waals surface area contributed by atoms with E-state index in [1.54, 1.807) is 6.07 Å². The predicted octanol–water partition coefficient (Wildman–Crippen LogP) is 2.25. The molecule has 0 radical (unpaired) electrons. The average Bonchev–Trinajstić information content (AvgIpc) is 2.91. The molecule has 2 aliphatic heterocycles. The molecule has 0 saturated carbocycles. The number of piperidine rings is 1. The van der Waals surface area contributed by atoms with Crippen LogP contribution in [0.1, 0.15) is 43.1 Å². The fourth-order valence-electron chi connectivity index (χ4n) is 3.45. The molecule has 1 unspecified atom stereocenters. The molecule has 1 fully saturated rings. The molecule has 6 heteroatoms. The quantitative estimate of drug-likeness (QED) is 0.835. The van der Waals surface area contributed by atoms with Crippen molar-refractivity contribution in [3.8, 4) is 0 Å². The van der Waals surface area contributed by atoms with Gasteiger partial charge in [0.15, 0.2) is 0 Å². The molecule has 0 amide bonds. The van der Waals surface area contributed by atoms with Gasteiger partial charge in [0, 0.05) is 16.5 Å². The maximum atomic E-state index is 12.1. The van der Waals surface area contributed by atoms with Gasteiger partial charge in [-0.05, 0) is 38.4 Å². The smallest absolute Gasteiger partial charge is 0.273 e. The SMILES string of the molecule is CC1=CC=C(Br)C2C1=Nn1c(C3CCNCC3)cc(=O)nc12. The summed E-state index contributed by atoms with van der Waals surface area (Å²) in [7, 11) is 0. The third-order valence-electron chi connectivity index (χ3n) is 4.63. The lowest BCUT2D eigenvalue weighted by Gasteiger charge is -2.24. The zero-order valence-electron chi connectivity index (χ0n) is 12.3. The number of allylic oxidation sites excluding steroid dienone is 4. The summed E-state index contributed by atoms with van der Waals surface area (Å²) in [6.45, 7) is 4.02. The molecule has 0 spiro atoms. The highest BCUT2D eigenvalue weighted by molar-refractivity contribution is 9.11. The molecule has 5 nitrogen and oxygen atoms in total. The minimum Gasteiger partial charge on any atom is -0.317 e. The van der Waals surface area contributed by atoms with Crippen LogP contribution in [0.25, 0.3) is 0 Å². The molecule has 1 aromatic rings. The van der Waals surface area contributed by atoms with E-state index in [2.05, 4.69) is 33.2 Å². The van der Waals surface area contributed by atoms with Crippen LogP contribution in [0.2, 0.25) is 0 Å². The van der Waals surface area contributed by atoms with E-state index in [4.69, 9.17) is 5.10 Å². The Morgan fingerprint density at radius 2 is 2.09 bits per heavy atom. The number of hydrogen-bond donors (Lipinski definition) is 1. The van der Waals surface area contributed by atoms with E-state index in [1.165, 1.54) is 0 Å². The summed E-state index contributed by atoms with van der Waals surface area (Å²) in [6, 6.07) is 1.66. The minimum atomic E-state index is -0.163. The zero-order chi connectivity index (χ0) is 15.3. The van der Waals surface area contributed by atoms with Crippen LogP contribution in [-0.2, 0) is 0 Å². The Morgan fingerprint density at radius 1 is 1.32 bits per heavy atom. The first-order valence-corrected chi connectivity index (χ1v) is 8.42. The van der Waals surface area contributed by atoms with E-state index >= 15 is 0 Å². The highest BCUT2D eigenvalue weighted by Gasteiger charge is 2.36. The van der Waals surface area contributed by atoms with Gasteiger partial charge in [-0.2, -0.15) is 10.1 Å². The molecule has 1 aromatic heterocycles. The molecule has 4 rings (SSSR count). The summed E-state index contributed by atoms with van der Waals surface area (Å²) in [5, 5.41) is 8.16. The minimum absolute atomic E-state index is 0.0423. The number of aromatic nitrogens is 2. The third-order valence-corrected chi connectivity index (χ3v) is 5.35. The fraction of sp³-hybridized carbons (Fsp3) is 0.438. The van der Waals surface area contributed by atoms with Crippen molar-refractivity contribution in [2.24, 2.45) is 5.10 Å². The summed E-state index contributed by atoms with van der Waals surface area (Å²) in [4.78, 5) is 16.4. The van der Waals surface area contributed by atoms with Gasteiger partial charge in [0.05, 0.1) is 17.3 Å². The Morgan fingerprint density at radius 3 is 2.86 bits per heavy atom. The molecule has 1 N–H and O–H groups in total. The van der Waals surface area contributed by atoms with Crippen LogP contribution in [0.3, 0.4) is 0 Å². The van der Waals surface area contributed by atoms with Crippen molar-refractivity contribution < 1.29 is 0 Å². The van der Waals surface area contributed by atoms with Crippen molar-refractivity contribution in [3.05, 3.63) is 50.1 Å². The standard InChI is InChI=1S/C16H17BrN4O/c1-9-2-3-11(17)14-15(9)20-21-12(8-13(22)19-16(14)21)10-4-6-18-7-5-10/h2-3,8,10,14,18H,4-7H2,1H3. The monoisotopic (exact) mass is 360 g/mol. The second-order valence-corrected chi connectivity index (χ2v) is 6.95. The lowest BCUT2D eigenvalue weighted by atomic mass is 9.92. The Labute approximate surface area is 137 Å². The van der Waals surface area contributed by atoms with Crippen LogP contribution >= 0.6 is 15.9 Å². The average molecular weight is 361 g/mol. The van der Waals surface area contributed by atoms with Gasteiger partial charge in [-0.25, -0.2) is 4.68 Å². The van der Waals surface area contributed by atoms with Crippen LogP contribution in [-0.4, -0.2) is 28.5 Å². The van der Waals surface area contributed by atoms with E-state index in [9.17, 15) is 4.79 Å². The first-order valence-electron chi connectivity index (χ1n) is 7.63. The van der Waals surface area contributed by atoms with Gasteiger partial charge in [-0.3, -0.25) is 4.79 Å². The van der Waals surface area contributed by atoms with Crippen LogP contribution < -0.4 is 10.9 Å². The topological polar surface area (TPSA) is 59.3 Å². The first kappa shape index (κ1) is 14.1. The molecular weight excluding hydrogens is 344 g/mol. The van der Waals surface area contributed by atoms with Crippen molar-refractivity contribution in [2.45, 2.75) is 31.6 Å². The lowest BCUT2D eigenvalue weighted by molar-refractivity contribution is 0.439. The maximum Gasteiger partial charge on any atom is 0.273 e. The van der Waals surface area contributed by atoms with Crippen LogP contribution in [0.15, 0.2) is 38.2 Å². The van der Waals surface area contributed by atoms with Crippen LogP contribution in [0.5, 0.6) is 0 Å². The largest absolute Gasteiger partial charge is 0.317 e. The Balaban J connectivity index is 1.88. The molecule has 1 saturated heterocycles. The molecule has 3 heterocycles. The van der Waals surface area contributed by atoms with Gasteiger partial charge in [0.25, 0.3) is 5.56 Å². The summed E-state index contributed by atoms with van der Waals surface area (Å²) in [5.74, 6) is 1.07. The first-order chi connectivity index (χ1) is 10.6. The summed E-state index contributed by atoms with van der Waals surface area (Å²) >= 11 is 3.61. The van der Waals surface area contributed by atoms with Gasteiger partial charge < -0.3 is 5.32 Å². The molecular formula is C16H17BrN4O. The van der Waals surface area contributed by atoms with Crippen LogP contribution in [0.4, 0.5) is 0 Å². The van der Waals surface area contributed by atoms with Gasteiger partial charge in [-0.1, -0.05) is 28.1 Å². The summed E-state index contributed by atoms with van der Waals surface area (Å²) in [5.41, 5.74) is 2.96. The van der Waals surface area contributed by atoms with E-state index in [-0.39, 0.29) is 11.5 Å². The van der Waals surface area contributed by atoms with Gasteiger partial charge in [-0.15, -0.1) is 0 Å². The fourth-order valence-corrected chi connectivity index (χ4v) is 4.00. The van der Waals surface area contributed by atoms with Crippen molar-refractivity contribution in [1.82, 2.24) is 15.0 Å². The van der Waals surface area contributed by atoms with E-state index in [1.807, 2.05) is 16.8 Å². The predicted molar refractivity (Wildman–Crippen MR) is 89.7 cm³/mol. The molecule has 1 atom stereocenters. The second kappa shape index (κ2) is 5.28. The van der Waals surface area contributed by atoms with Crippen molar-refractivity contribution >= 4 is 21.6 Å². The summed E-state index contributed by atoms with van der Waals surface area (Å²) in [6.07, 6.45) is 6.14. The highest BCUT2D eigenvalue weighted by Crippen LogP contribution is 2.39. The van der Waals surface area contributed by atoms with Gasteiger partial charge >= 0.3 is 0 Å². The Kier molecular flexibility index (Phi) is 3.38. The summed E-state index contributed by atoms with van der Waals surface area (Å²) < 4.78 is 2.92. The highest BCUT2D eigenvalue weighted by atomic mass is 79.9. The second-order valence-electron chi connectivity index (χ2n) is 6.03. The van der Waals surface area contributed by atoms with E-state index in [0.717, 1.165) is 53.2 Å². The third kappa shape index (κ3) is 2.13. The van der Waals surface area contributed by atoms with Crippen molar-refractivity contribution in [3.63, 3.8) is 0 Å². The Hall–Kier alpha value is -1.53. The number of halogens is 1. The Bertz CT molecular complexity index is 784. The molecule has 3 aliphatic rings. The van der Waals surface area contributed by atoms with Crippen molar-refractivity contribution in [1.29, 1.82) is 0 Å². The molecule has 22 heavy (non-hydrogen) atoms. The molecule has 114 valence electrons. The maximum absolute atomic E-state index is 12.1. The molecule has 0 bridgehead atoms. The number of fused-ring (bicyclic) bond motifs is 3. The lowest BCUT2D eigenvalue weighted by Crippen LogP contribution is -2.29. The van der Waals surface area contributed by atoms with Gasteiger partial charge in [0.1, 0.15) is 5.82 Å². The normalized spacial score (nSPS) is 24.3. The van der Waals surface area contributed by atoms with E-state index < -0.39 is 0 Å².